The van der Waals surface area contributed by atoms with Crippen molar-refractivity contribution in [2.24, 2.45) is 5.92 Å². The molecule has 3 aromatic rings. The van der Waals surface area contributed by atoms with Crippen molar-refractivity contribution in [3.05, 3.63) is 57.5 Å². The number of nitrogens with zero attached hydrogens (tertiary/aromatic N) is 5. The van der Waals surface area contributed by atoms with E-state index in [0.29, 0.717) is 42.8 Å². The predicted molar refractivity (Wildman–Crippen MR) is 109 cm³/mol. The molecule has 2 aliphatic heterocycles. The van der Waals surface area contributed by atoms with Crippen molar-refractivity contribution in [2.45, 2.75) is 25.4 Å². The van der Waals surface area contributed by atoms with E-state index in [-0.39, 0.29) is 23.3 Å². The van der Waals surface area contributed by atoms with Gasteiger partial charge in [-0.1, -0.05) is 12.1 Å². The molecular formula is C21H24N6O2. The van der Waals surface area contributed by atoms with Gasteiger partial charge in [0.05, 0.1) is 5.56 Å². The van der Waals surface area contributed by atoms with Crippen molar-refractivity contribution < 1.29 is 4.79 Å². The maximum atomic E-state index is 13.3. The molecular weight excluding hydrogens is 368 g/mol. The topological polar surface area (TPSA) is 87.1 Å². The first kappa shape index (κ1) is 18.1. The van der Waals surface area contributed by atoms with Gasteiger partial charge in [0.25, 0.3) is 11.5 Å². The molecule has 0 spiro atoms. The average molecular weight is 392 g/mol. The maximum Gasteiger partial charge on any atom is 0.256 e. The third kappa shape index (κ3) is 3.04. The van der Waals surface area contributed by atoms with Crippen LogP contribution < -0.4 is 5.56 Å². The Labute approximate surface area is 168 Å². The summed E-state index contributed by atoms with van der Waals surface area (Å²) in [6.45, 7) is 2.59. The molecule has 0 unspecified atom stereocenters. The van der Waals surface area contributed by atoms with Gasteiger partial charge < -0.3 is 14.4 Å². The number of likely N-dealkylation sites (tertiary alicyclic amines) is 1. The molecule has 2 aromatic heterocycles. The molecule has 150 valence electrons. The fourth-order valence-electron chi connectivity index (χ4n) is 4.83. The number of para-hydroxylation sites is 1. The number of hydrogen-bond acceptors (Lipinski definition) is 5. The molecule has 1 saturated heterocycles. The lowest BCUT2D eigenvalue weighted by molar-refractivity contribution is 0.0596. The van der Waals surface area contributed by atoms with Gasteiger partial charge in [0.15, 0.2) is 0 Å². The van der Waals surface area contributed by atoms with Crippen molar-refractivity contribution in [3.8, 4) is 0 Å². The van der Waals surface area contributed by atoms with Crippen LogP contribution in [0.4, 0.5) is 0 Å². The lowest BCUT2D eigenvalue weighted by Crippen LogP contribution is -2.49. The highest BCUT2D eigenvalue weighted by Crippen LogP contribution is 2.36. The number of piperidine rings is 1. The van der Waals surface area contributed by atoms with Crippen LogP contribution in [-0.2, 0) is 13.1 Å². The zero-order chi connectivity index (χ0) is 20.1. The molecule has 1 N–H and O–H groups in total. The van der Waals surface area contributed by atoms with Crippen LogP contribution in [0.5, 0.6) is 0 Å². The molecule has 5 rings (SSSR count). The Bertz CT molecular complexity index is 1150. The first-order valence-corrected chi connectivity index (χ1v) is 9.97. The molecule has 2 atom stereocenters. The predicted octanol–water partition coefficient (Wildman–Crippen LogP) is 1.44. The van der Waals surface area contributed by atoms with E-state index in [1.165, 1.54) is 0 Å². The van der Waals surface area contributed by atoms with Crippen LogP contribution in [0.3, 0.4) is 0 Å². The third-order valence-corrected chi connectivity index (χ3v) is 6.03. The van der Waals surface area contributed by atoms with Crippen molar-refractivity contribution in [1.29, 1.82) is 0 Å². The highest BCUT2D eigenvalue weighted by Gasteiger charge is 2.37. The van der Waals surface area contributed by atoms with E-state index in [1.807, 2.05) is 52.7 Å². The first-order chi connectivity index (χ1) is 14.0. The number of aromatic nitrogens is 4. The third-order valence-electron chi connectivity index (χ3n) is 6.03. The number of nitrogens with one attached hydrogen (secondary N) is 1. The summed E-state index contributed by atoms with van der Waals surface area (Å²) in [6, 6.07) is 9.51. The molecule has 0 aliphatic carbocycles. The molecule has 8 nitrogen and oxygen atoms in total. The Hall–Kier alpha value is -3.00. The molecule has 8 heteroatoms. The van der Waals surface area contributed by atoms with Gasteiger partial charge in [-0.05, 0) is 44.6 Å². The number of carbonyl (C=O) groups is 1. The number of pyridine rings is 1. The lowest BCUT2D eigenvalue weighted by atomic mass is 9.82. The summed E-state index contributed by atoms with van der Waals surface area (Å²) in [5.74, 6) is 0.456. The normalized spacial score (nSPS) is 20.9. The van der Waals surface area contributed by atoms with Gasteiger partial charge in [-0.2, -0.15) is 15.4 Å². The smallest absolute Gasteiger partial charge is 0.256 e. The van der Waals surface area contributed by atoms with Gasteiger partial charge >= 0.3 is 0 Å². The van der Waals surface area contributed by atoms with Gasteiger partial charge in [-0.15, -0.1) is 0 Å². The quantitative estimate of drug-likeness (QED) is 0.729. The molecule has 29 heavy (non-hydrogen) atoms. The number of rotatable bonds is 3. The van der Waals surface area contributed by atoms with Crippen LogP contribution in [-0.4, -0.2) is 62.9 Å². The molecule has 2 bridgehead atoms. The van der Waals surface area contributed by atoms with Gasteiger partial charge in [0.2, 0.25) is 0 Å². The maximum absolute atomic E-state index is 13.3. The van der Waals surface area contributed by atoms with E-state index in [0.717, 1.165) is 17.7 Å². The highest BCUT2D eigenvalue weighted by molar-refractivity contribution is 6.04. The van der Waals surface area contributed by atoms with Crippen LogP contribution in [0.2, 0.25) is 0 Å². The molecule has 0 saturated carbocycles. The molecule has 4 heterocycles. The summed E-state index contributed by atoms with van der Waals surface area (Å²) in [4.78, 5) is 30.2. The van der Waals surface area contributed by atoms with Crippen molar-refractivity contribution in [1.82, 2.24) is 29.8 Å². The van der Waals surface area contributed by atoms with Crippen LogP contribution in [0.25, 0.3) is 11.0 Å². The van der Waals surface area contributed by atoms with E-state index >= 15 is 0 Å². The number of benzene rings is 1. The largest absolute Gasteiger partial charge is 0.338 e. The van der Waals surface area contributed by atoms with E-state index in [2.05, 4.69) is 21.5 Å². The second kappa shape index (κ2) is 6.81. The van der Waals surface area contributed by atoms with E-state index < -0.39 is 0 Å². The number of fused-ring (bicyclic) bond motifs is 5. The molecule has 1 amide bonds. The van der Waals surface area contributed by atoms with Crippen LogP contribution in [0, 0.1) is 5.92 Å². The van der Waals surface area contributed by atoms with Gasteiger partial charge in [-0.3, -0.25) is 9.59 Å². The lowest BCUT2D eigenvalue weighted by Gasteiger charge is -2.43. The summed E-state index contributed by atoms with van der Waals surface area (Å²) >= 11 is 0. The number of amides is 1. The molecule has 1 aromatic carbocycles. The summed E-state index contributed by atoms with van der Waals surface area (Å²) in [5.41, 5.74) is 3.86. The summed E-state index contributed by atoms with van der Waals surface area (Å²) in [7, 11) is 3.94. The van der Waals surface area contributed by atoms with E-state index in [9.17, 15) is 9.59 Å². The summed E-state index contributed by atoms with van der Waals surface area (Å²) in [6.07, 6.45) is 1.02. The van der Waals surface area contributed by atoms with Crippen molar-refractivity contribution in [3.63, 3.8) is 0 Å². The first-order valence-electron chi connectivity index (χ1n) is 9.97. The van der Waals surface area contributed by atoms with Crippen LogP contribution >= 0.6 is 0 Å². The summed E-state index contributed by atoms with van der Waals surface area (Å²) in [5, 5.41) is 10.8. The minimum absolute atomic E-state index is 0.0146. The fraction of sp³-hybridized carbons (Fsp3) is 0.429. The number of H-pyrrole nitrogens is 1. The standard InChI is InChI=1S/C21H24N6O2/c1-25(2)11-14-6-7-18-15-8-13(10-27(18)20(14)28)9-26(12-15)21(29)16-4-3-5-17-19(16)23-24-22-17/h3-7,13,15H,8-12H2,1-2H3,(H,22,23,24)/t13-,15+/m0/s1. The van der Waals surface area contributed by atoms with Crippen molar-refractivity contribution in [2.75, 3.05) is 27.2 Å². The Morgan fingerprint density at radius 3 is 2.86 bits per heavy atom. The van der Waals surface area contributed by atoms with Crippen molar-refractivity contribution >= 4 is 16.9 Å². The number of hydrogen-bond donors (Lipinski definition) is 1. The van der Waals surface area contributed by atoms with Gasteiger partial charge in [0, 0.05) is 43.4 Å². The van der Waals surface area contributed by atoms with Gasteiger partial charge in [-0.25, -0.2) is 0 Å². The Kier molecular flexibility index (Phi) is 4.24. The fourth-order valence-corrected chi connectivity index (χ4v) is 4.83. The average Bonchev–Trinajstić information content (AvgIpc) is 3.18. The van der Waals surface area contributed by atoms with Crippen LogP contribution in [0.15, 0.2) is 35.1 Å². The second-order valence-corrected chi connectivity index (χ2v) is 8.44. The summed E-state index contributed by atoms with van der Waals surface area (Å²) < 4.78 is 1.94. The number of carbonyl (C=O) groups excluding carboxylic acids is 1. The minimum atomic E-state index is -0.0146. The molecule has 1 fully saturated rings. The SMILES string of the molecule is CN(C)Cc1ccc2n(c1=O)C[C@H]1C[C@@H]2CN(C(=O)c2cccc3n[nH]nc23)C1. The molecule has 0 radical (unpaired) electrons. The monoisotopic (exact) mass is 392 g/mol. The Balaban J connectivity index is 1.45. The van der Waals surface area contributed by atoms with E-state index in [4.69, 9.17) is 0 Å². The highest BCUT2D eigenvalue weighted by atomic mass is 16.2. The minimum Gasteiger partial charge on any atom is -0.338 e. The zero-order valence-corrected chi connectivity index (χ0v) is 16.6. The second-order valence-electron chi connectivity index (χ2n) is 8.44. The Morgan fingerprint density at radius 2 is 2.03 bits per heavy atom. The number of aromatic amines is 1. The van der Waals surface area contributed by atoms with Gasteiger partial charge in [0.1, 0.15) is 11.0 Å². The molecule has 2 aliphatic rings. The van der Waals surface area contributed by atoms with Crippen LogP contribution in [0.1, 0.15) is 34.0 Å². The zero-order valence-electron chi connectivity index (χ0n) is 16.6. The Morgan fingerprint density at radius 1 is 1.17 bits per heavy atom. The van der Waals surface area contributed by atoms with E-state index in [1.54, 1.807) is 0 Å².